The molecular weight excluding hydrogens is 702 g/mol. The van der Waals surface area contributed by atoms with Gasteiger partial charge in [-0.15, -0.1) is 0 Å². The van der Waals surface area contributed by atoms with Crippen molar-refractivity contribution in [2.45, 2.75) is 0 Å². The van der Waals surface area contributed by atoms with Gasteiger partial charge in [0.25, 0.3) is 0 Å². The molecule has 5 nitrogen and oxygen atoms in total. The largest absolute Gasteiger partial charge is 0.309 e. The van der Waals surface area contributed by atoms with Crippen LogP contribution in [0.1, 0.15) is 0 Å². The van der Waals surface area contributed by atoms with Gasteiger partial charge in [-0.2, -0.15) is 9.97 Å². The second kappa shape index (κ2) is 13.3. The number of rotatable bonds is 6. The smallest absolute Gasteiger partial charge is 0.238 e. The van der Waals surface area contributed by atoms with E-state index < -0.39 is 0 Å². The third-order valence-corrected chi connectivity index (χ3v) is 10.9. The van der Waals surface area contributed by atoms with Crippen molar-refractivity contribution in [3.63, 3.8) is 0 Å². The lowest BCUT2D eigenvalue weighted by Crippen LogP contribution is -2.06. The number of hydrogen-bond acceptors (Lipinski definition) is 3. The molecule has 0 fully saturated rings. The van der Waals surface area contributed by atoms with Crippen LogP contribution >= 0.6 is 0 Å². The standard InChI is InChI=1S/C51H32FN5/c52-39-27-23-34(24-28-39)33-19-21-36(22-20-33)50-53-49(35-11-3-1-4-12-35)54-51(55-50)57-46-18-10-7-15-41(46)43-29-25-38(32-48(43)57)37-26-30-47-44(31-37)42-16-8-9-17-45(42)56(47)40-13-5-2-6-14-40/h1-32H. The molecule has 0 atom stereocenters. The Morgan fingerprint density at radius 3 is 1.49 bits per heavy atom. The van der Waals surface area contributed by atoms with Gasteiger partial charge in [-0.25, -0.2) is 9.37 Å². The fraction of sp³-hybridized carbons (Fsp3) is 0. The number of fused-ring (bicyclic) bond motifs is 6. The quantitative estimate of drug-likeness (QED) is 0.171. The maximum atomic E-state index is 13.7. The zero-order chi connectivity index (χ0) is 37.9. The number of nitrogens with zero attached hydrogens (tertiary/aromatic N) is 5. The summed E-state index contributed by atoms with van der Waals surface area (Å²) in [4.78, 5) is 15.4. The van der Waals surface area contributed by atoms with Crippen LogP contribution in [0.3, 0.4) is 0 Å². The first-order chi connectivity index (χ1) is 28.2. The molecule has 0 unspecified atom stereocenters. The Bertz CT molecular complexity index is 3280. The van der Waals surface area contributed by atoms with Crippen LogP contribution < -0.4 is 0 Å². The normalized spacial score (nSPS) is 11.6. The van der Waals surface area contributed by atoms with E-state index in [1.807, 2.05) is 54.6 Å². The molecule has 0 saturated heterocycles. The maximum Gasteiger partial charge on any atom is 0.238 e. The van der Waals surface area contributed by atoms with E-state index in [4.69, 9.17) is 15.0 Å². The second-order valence-corrected chi connectivity index (χ2v) is 14.2. The van der Waals surface area contributed by atoms with Crippen molar-refractivity contribution in [1.29, 1.82) is 0 Å². The van der Waals surface area contributed by atoms with Gasteiger partial charge in [0.05, 0.1) is 22.1 Å². The van der Waals surface area contributed by atoms with E-state index in [1.54, 1.807) is 12.1 Å². The number of benzene rings is 8. The molecule has 11 aromatic rings. The highest BCUT2D eigenvalue weighted by Gasteiger charge is 2.19. The summed E-state index contributed by atoms with van der Waals surface area (Å²) >= 11 is 0. The third-order valence-electron chi connectivity index (χ3n) is 10.9. The zero-order valence-corrected chi connectivity index (χ0v) is 30.6. The molecule has 0 N–H and O–H groups in total. The van der Waals surface area contributed by atoms with Gasteiger partial charge >= 0.3 is 0 Å². The van der Waals surface area contributed by atoms with Crippen LogP contribution in [-0.4, -0.2) is 24.1 Å². The summed E-state index contributed by atoms with van der Waals surface area (Å²) in [6.07, 6.45) is 0. The molecule has 0 aliphatic heterocycles. The summed E-state index contributed by atoms with van der Waals surface area (Å²) in [5.41, 5.74) is 11.4. The van der Waals surface area contributed by atoms with Gasteiger partial charge in [-0.1, -0.05) is 140 Å². The minimum Gasteiger partial charge on any atom is -0.309 e. The molecule has 0 aliphatic rings. The summed E-state index contributed by atoms with van der Waals surface area (Å²) in [5.74, 6) is 1.42. The SMILES string of the molecule is Fc1ccc(-c2ccc(-c3nc(-c4ccccc4)nc(-n4c5ccccc5c5ccc(-c6ccc7c(c6)c6ccccc6n7-c6ccccc6)cc54)n3)cc2)cc1. The van der Waals surface area contributed by atoms with Crippen molar-refractivity contribution in [2.75, 3.05) is 0 Å². The van der Waals surface area contributed by atoms with Crippen molar-refractivity contribution < 1.29 is 4.39 Å². The highest BCUT2D eigenvalue weighted by molar-refractivity contribution is 6.12. The summed E-state index contributed by atoms with van der Waals surface area (Å²) in [5, 5.41) is 4.65. The topological polar surface area (TPSA) is 48.5 Å². The molecular formula is C51H32FN5. The fourth-order valence-corrected chi connectivity index (χ4v) is 8.14. The maximum absolute atomic E-state index is 13.7. The van der Waals surface area contributed by atoms with Crippen molar-refractivity contribution in [1.82, 2.24) is 24.1 Å². The molecule has 0 bridgehead atoms. The Hall–Kier alpha value is -7.70. The van der Waals surface area contributed by atoms with Crippen LogP contribution in [0.15, 0.2) is 194 Å². The van der Waals surface area contributed by atoms with Gasteiger partial charge in [0.15, 0.2) is 11.6 Å². The molecule has 57 heavy (non-hydrogen) atoms. The van der Waals surface area contributed by atoms with E-state index in [9.17, 15) is 4.39 Å². The lowest BCUT2D eigenvalue weighted by atomic mass is 10.0. The molecule has 11 rings (SSSR count). The van der Waals surface area contributed by atoms with E-state index in [-0.39, 0.29) is 5.82 Å². The highest BCUT2D eigenvalue weighted by atomic mass is 19.1. The number of para-hydroxylation sites is 3. The van der Waals surface area contributed by atoms with Crippen molar-refractivity contribution in [3.05, 3.63) is 200 Å². The molecule has 268 valence electrons. The van der Waals surface area contributed by atoms with Crippen LogP contribution in [0.2, 0.25) is 0 Å². The first-order valence-corrected chi connectivity index (χ1v) is 19.0. The summed E-state index contributed by atoms with van der Waals surface area (Å²) in [6, 6.07) is 65.7. The number of aromatic nitrogens is 5. The van der Waals surface area contributed by atoms with Crippen LogP contribution in [0.4, 0.5) is 4.39 Å². The van der Waals surface area contributed by atoms with E-state index in [1.165, 1.54) is 28.4 Å². The molecule has 8 aromatic carbocycles. The minimum absolute atomic E-state index is 0.257. The van der Waals surface area contributed by atoms with Crippen LogP contribution in [0.25, 0.3) is 100 Å². The van der Waals surface area contributed by atoms with Crippen molar-refractivity contribution in [3.8, 4) is 56.7 Å². The van der Waals surface area contributed by atoms with Gasteiger partial charge in [-0.05, 0) is 76.9 Å². The summed E-state index contributed by atoms with van der Waals surface area (Å²) < 4.78 is 18.2. The average Bonchev–Trinajstić information content (AvgIpc) is 3.79. The van der Waals surface area contributed by atoms with Crippen molar-refractivity contribution in [2.24, 2.45) is 0 Å². The van der Waals surface area contributed by atoms with Gasteiger partial charge in [0, 0.05) is 38.4 Å². The first-order valence-electron chi connectivity index (χ1n) is 19.0. The van der Waals surface area contributed by atoms with E-state index in [0.29, 0.717) is 17.6 Å². The number of halogens is 1. The van der Waals surface area contributed by atoms with Gasteiger partial charge in [0.1, 0.15) is 5.82 Å². The molecule has 0 spiro atoms. The molecule has 3 heterocycles. The van der Waals surface area contributed by atoms with Crippen LogP contribution in [-0.2, 0) is 0 Å². The predicted molar refractivity (Wildman–Crippen MR) is 230 cm³/mol. The minimum atomic E-state index is -0.257. The Balaban J connectivity index is 1.09. The van der Waals surface area contributed by atoms with Gasteiger partial charge in [0.2, 0.25) is 5.95 Å². The summed E-state index contributed by atoms with van der Waals surface area (Å²) in [7, 11) is 0. The fourth-order valence-electron chi connectivity index (χ4n) is 8.14. The average molecular weight is 734 g/mol. The molecule has 0 amide bonds. The van der Waals surface area contributed by atoms with Gasteiger partial charge in [-0.3, -0.25) is 4.57 Å². The summed E-state index contributed by atoms with van der Waals surface area (Å²) in [6.45, 7) is 0. The van der Waals surface area contributed by atoms with E-state index in [2.05, 4.69) is 124 Å². The Morgan fingerprint density at radius 1 is 0.316 bits per heavy atom. The van der Waals surface area contributed by atoms with Gasteiger partial charge < -0.3 is 4.57 Å². The number of hydrogen-bond donors (Lipinski definition) is 0. The van der Waals surface area contributed by atoms with Crippen LogP contribution in [0, 0.1) is 5.82 Å². The third kappa shape index (κ3) is 5.57. The zero-order valence-electron chi connectivity index (χ0n) is 30.6. The molecule has 6 heteroatoms. The second-order valence-electron chi connectivity index (χ2n) is 14.2. The monoisotopic (exact) mass is 733 g/mol. The lowest BCUT2D eigenvalue weighted by molar-refractivity contribution is 0.628. The lowest BCUT2D eigenvalue weighted by Gasteiger charge is -2.12. The highest BCUT2D eigenvalue weighted by Crippen LogP contribution is 2.38. The molecule has 0 aliphatic carbocycles. The Kier molecular flexibility index (Phi) is 7.60. The van der Waals surface area contributed by atoms with E-state index in [0.717, 1.165) is 66.4 Å². The molecule has 0 radical (unpaired) electrons. The first kappa shape index (κ1) is 32.7. The van der Waals surface area contributed by atoms with E-state index >= 15 is 0 Å². The Labute approximate surface area is 327 Å². The molecule has 3 aromatic heterocycles. The Morgan fingerprint density at radius 2 is 0.789 bits per heavy atom. The van der Waals surface area contributed by atoms with Crippen molar-refractivity contribution >= 4 is 43.6 Å². The predicted octanol–water partition coefficient (Wildman–Crippen LogP) is 12.9. The van der Waals surface area contributed by atoms with Crippen LogP contribution in [0.5, 0.6) is 0 Å². The molecule has 0 saturated carbocycles.